The largest absolute Gasteiger partial charge is 0.448 e. The molecule has 19 heavy (non-hydrogen) atoms. The van der Waals surface area contributed by atoms with Crippen LogP contribution >= 0.6 is 0 Å². The topological polar surface area (TPSA) is 55.1 Å². The van der Waals surface area contributed by atoms with E-state index in [4.69, 9.17) is 4.42 Å². The van der Waals surface area contributed by atoms with Crippen molar-refractivity contribution in [1.82, 2.24) is 10.3 Å². The molecular weight excluding hydrogens is 247 g/mol. The number of nitrogens with one attached hydrogen (secondary N) is 1. The number of hydrogen-bond acceptors (Lipinski definition) is 3. The fraction of sp³-hybridized carbons (Fsp3) is 0.286. The van der Waals surface area contributed by atoms with Crippen molar-refractivity contribution < 1.29 is 13.6 Å². The van der Waals surface area contributed by atoms with Gasteiger partial charge in [0.1, 0.15) is 11.6 Å². The molecule has 0 atom stereocenters. The van der Waals surface area contributed by atoms with Crippen LogP contribution in [-0.4, -0.2) is 17.4 Å². The molecule has 1 N–H and O–H groups in total. The zero-order chi connectivity index (χ0) is 13.7. The van der Waals surface area contributed by atoms with Gasteiger partial charge in [0.15, 0.2) is 6.39 Å². The molecule has 1 aromatic carbocycles. The summed E-state index contributed by atoms with van der Waals surface area (Å²) in [6.07, 6.45) is 1.94. The molecule has 0 bridgehead atoms. The monoisotopic (exact) mass is 262 g/mol. The molecule has 0 saturated carbocycles. The number of aryl methyl sites for hydroxylation is 1. The van der Waals surface area contributed by atoms with Crippen molar-refractivity contribution in [2.75, 3.05) is 6.54 Å². The van der Waals surface area contributed by atoms with Gasteiger partial charge in [-0.1, -0.05) is 18.2 Å². The first-order chi connectivity index (χ1) is 9.16. The third kappa shape index (κ3) is 3.64. The third-order valence-corrected chi connectivity index (χ3v) is 2.84. The Morgan fingerprint density at radius 2 is 2.21 bits per heavy atom. The zero-order valence-electron chi connectivity index (χ0n) is 10.6. The molecule has 2 rings (SSSR count). The quantitative estimate of drug-likeness (QED) is 0.897. The summed E-state index contributed by atoms with van der Waals surface area (Å²) in [7, 11) is 0. The summed E-state index contributed by atoms with van der Waals surface area (Å²) in [5.41, 5.74) is 1.31. The first-order valence-electron chi connectivity index (χ1n) is 6.06. The van der Waals surface area contributed by atoms with Gasteiger partial charge in [0, 0.05) is 6.54 Å². The summed E-state index contributed by atoms with van der Waals surface area (Å²) in [5, 5.41) is 2.73. The van der Waals surface area contributed by atoms with Gasteiger partial charge in [0.05, 0.1) is 12.1 Å². The van der Waals surface area contributed by atoms with Gasteiger partial charge in [0.2, 0.25) is 5.91 Å². The molecule has 0 spiro atoms. The molecule has 1 amide bonds. The Balaban J connectivity index is 1.79. The maximum absolute atomic E-state index is 13.3. The first kappa shape index (κ1) is 13.3. The number of rotatable bonds is 5. The van der Waals surface area contributed by atoms with Crippen LogP contribution in [0.15, 0.2) is 35.1 Å². The molecule has 5 heteroatoms. The van der Waals surface area contributed by atoms with Crippen LogP contribution < -0.4 is 5.32 Å². The SMILES string of the molecule is Cc1ncoc1CC(=O)NCCc1ccccc1F. The predicted octanol–water partition coefficient (Wildman–Crippen LogP) is 2.02. The lowest BCUT2D eigenvalue weighted by atomic mass is 10.1. The van der Waals surface area contributed by atoms with E-state index in [-0.39, 0.29) is 18.1 Å². The summed E-state index contributed by atoms with van der Waals surface area (Å²) in [6.45, 7) is 2.18. The number of halogens is 1. The van der Waals surface area contributed by atoms with Crippen LogP contribution in [0, 0.1) is 12.7 Å². The summed E-state index contributed by atoms with van der Waals surface area (Å²) in [5.74, 6) is 0.155. The van der Waals surface area contributed by atoms with E-state index in [2.05, 4.69) is 10.3 Å². The van der Waals surface area contributed by atoms with Gasteiger partial charge < -0.3 is 9.73 Å². The number of amides is 1. The van der Waals surface area contributed by atoms with Gasteiger partial charge in [-0.3, -0.25) is 4.79 Å². The number of carbonyl (C=O) groups excluding carboxylic acids is 1. The van der Waals surface area contributed by atoms with Gasteiger partial charge in [-0.05, 0) is 25.0 Å². The molecule has 0 aliphatic heterocycles. The molecule has 0 radical (unpaired) electrons. The van der Waals surface area contributed by atoms with E-state index in [0.717, 1.165) is 0 Å². The molecule has 1 aromatic heterocycles. The van der Waals surface area contributed by atoms with Crippen molar-refractivity contribution in [1.29, 1.82) is 0 Å². The van der Waals surface area contributed by atoms with Crippen molar-refractivity contribution in [3.05, 3.63) is 53.5 Å². The van der Waals surface area contributed by atoms with E-state index < -0.39 is 0 Å². The average Bonchev–Trinajstić information content (AvgIpc) is 2.77. The van der Waals surface area contributed by atoms with E-state index in [1.165, 1.54) is 12.5 Å². The number of aromatic nitrogens is 1. The fourth-order valence-electron chi connectivity index (χ4n) is 1.74. The van der Waals surface area contributed by atoms with Crippen LogP contribution in [0.1, 0.15) is 17.0 Å². The predicted molar refractivity (Wildman–Crippen MR) is 68.1 cm³/mol. The fourth-order valence-corrected chi connectivity index (χ4v) is 1.74. The second-order valence-corrected chi connectivity index (χ2v) is 4.23. The van der Waals surface area contributed by atoms with Gasteiger partial charge in [0.25, 0.3) is 0 Å². The summed E-state index contributed by atoms with van der Waals surface area (Å²) in [4.78, 5) is 15.6. The highest BCUT2D eigenvalue weighted by molar-refractivity contribution is 5.78. The Morgan fingerprint density at radius 1 is 1.42 bits per heavy atom. The highest BCUT2D eigenvalue weighted by atomic mass is 19.1. The third-order valence-electron chi connectivity index (χ3n) is 2.84. The molecule has 1 heterocycles. The first-order valence-corrected chi connectivity index (χ1v) is 6.06. The molecule has 0 aliphatic carbocycles. The number of carbonyl (C=O) groups is 1. The minimum absolute atomic E-state index is 0.156. The van der Waals surface area contributed by atoms with Crippen LogP contribution in [0.2, 0.25) is 0 Å². The minimum Gasteiger partial charge on any atom is -0.448 e. The summed E-state index contributed by atoms with van der Waals surface area (Å²) >= 11 is 0. The Labute approximate surface area is 110 Å². The standard InChI is InChI=1S/C14H15FN2O2/c1-10-13(19-9-17-10)8-14(18)16-7-6-11-4-2-3-5-12(11)15/h2-5,9H,6-8H2,1H3,(H,16,18). The zero-order valence-corrected chi connectivity index (χ0v) is 10.6. The second kappa shape index (κ2) is 6.13. The lowest BCUT2D eigenvalue weighted by Gasteiger charge is -2.05. The Kier molecular flexibility index (Phi) is 4.28. The van der Waals surface area contributed by atoms with Crippen LogP contribution in [-0.2, 0) is 17.6 Å². The number of hydrogen-bond donors (Lipinski definition) is 1. The van der Waals surface area contributed by atoms with Crippen molar-refractivity contribution in [3.63, 3.8) is 0 Å². The van der Waals surface area contributed by atoms with Crippen LogP contribution in [0.5, 0.6) is 0 Å². The molecule has 2 aromatic rings. The number of nitrogens with zero attached hydrogens (tertiary/aromatic N) is 1. The molecule has 0 aliphatic rings. The van der Waals surface area contributed by atoms with E-state index in [1.807, 2.05) is 0 Å². The van der Waals surface area contributed by atoms with Crippen LogP contribution in [0.4, 0.5) is 4.39 Å². The lowest BCUT2D eigenvalue weighted by molar-refractivity contribution is -0.120. The van der Waals surface area contributed by atoms with Gasteiger partial charge >= 0.3 is 0 Å². The highest BCUT2D eigenvalue weighted by Gasteiger charge is 2.09. The smallest absolute Gasteiger partial charge is 0.227 e. The lowest BCUT2D eigenvalue weighted by Crippen LogP contribution is -2.27. The normalized spacial score (nSPS) is 10.4. The number of oxazole rings is 1. The Hall–Kier alpha value is -2.17. The highest BCUT2D eigenvalue weighted by Crippen LogP contribution is 2.07. The number of benzene rings is 1. The van der Waals surface area contributed by atoms with Crippen LogP contribution in [0.25, 0.3) is 0 Å². The van der Waals surface area contributed by atoms with Gasteiger partial charge in [-0.2, -0.15) is 0 Å². The van der Waals surface area contributed by atoms with Crippen LogP contribution in [0.3, 0.4) is 0 Å². The molecule has 4 nitrogen and oxygen atoms in total. The molecule has 0 unspecified atom stereocenters. The minimum atomic E-state index is -0.247. The van der Waals surface area contributed by atoms with Gasteiger partial charge in [-0.25, -0.2) is 9.37 Å². The van der Waals surface area contributed by atoms with Crippen molar-refractivity contribution in [2.45, 2.75) is 19.8 Å². The van der Waals surface area contributed by atoms with Crippen molar-refractivity contribution in [2.24, 2.45) is 0 Å². The van der Waals surface area contributed by atoms with E-state index in [0.29, 0.717) is 30.0 Å². The molecule has 0 saturated heterocycles. The Morgan fingerprint density at radius 3 is 2.89 bits per heavy atom. The van der Waals surface area contributed by atoms with Crippen molar-refractivity contribution >= 4 is 5.91 Å². The molecule has 100 valence electrons. The van der Waals surface area contributed by atoms with E-state index in [1.54, 1.807) is 25.1 Å². The van der Waals surface area contributed by atoms with Crippen molar-refractivity contribution in [3.8, 4) is 0 Å². The van der Waals surface area contributed by atoms with Gasteiger partial charge in [-0.15, -0.1) is 0 Å². The Bertz CT molecular complexity index is 566. The second-order valence-electron chi connectivity index (χ2n) is 4.23. The average molecular weight is 262 g/mol. The summed E-state index contributed by atoms with van der Waals surface area (Å²) in [6, 6.07) is 6.54. The van der Waals surface area contributed by atoms with E-state index >= 15 is 0 Å². The summed E-state index contributed by atoms with van der Waals surface area (Å²) < 4.78 is 18.4. The van der Waals surface area contributed by atoms with E-state index in [9.17, 15) is 9.18 Å². The molecular formula is C14H15FN2O2. The molecule has 0 fully saturated rings. The maximum Gasteiger partial charge on any atom is 0.227 e. The maximum atomic E-state index is 13.3.